The average molecular weight is 378 g/mol. The minimum Gasteiger partial charge on any atom is -0.497 e. The topological polar surface area (TPSA) is 52.4 Å². The van der Waals surface area contributed by atoms with Crippen molar-refractivity contribution in [2.45, 2.75) is 19.6 Å². The summed E-state index contributed by atoms with van der Waals surface area (Å²) in [5.74, 6) is 0.846. The summed E-state index contributed by atoms with van der Waals surface area (Å²) in [4.78, 5) is 7.10. The molecular formula is C22H26N4O2. The van der Waals surface area contributed by atoms with Gasteiger partial charge in [-0.25, -0.2) is 0 Å². The molecule has 4 rings (SSSR count). The normalized spacial score (nSPS) is 17.6. The number of hydrogen-bond donors (Lipinski definition) is 0. The van der Waals surface area contributed by atoms with Crippen LogP contribution in [0.15, 0.2) is 48.8 Å². The summed E-state index contributed by atoms with van der Waals surface area (Å²) < 4.78 is 13.2. The lowest BCUT2D eigenvalue weighted by Crippen LogP contribution is -2.38. The molecular weight excluding hydrogens is 352 g/mol. The molecule has 1 aromatic carbocycles. The highest BCUT2D eigenvalue weighted by Crippen LogP contribution is 2.26. The van der Waals surface area contributed by atoms with Gasteiger partial charge in [0.15, 0.2) is 0 Å². The Labute approximate surface area is 165 Å². The molecule has 1 fully saturated rings. The van der Waals surface area contributed by atoms with E-state index in [9.17, 15) is 0 Å². The summed E-state index contributed by atoms with van der Waals surface area (Å²) in [6.07, 6.45) is 3.86. The zero-order chi connectivity index (χ0) is 19.5. The van der Waals surface area contributed by atoms with E-state index in [1.54, 1.807) is 7.11 Å². The van der Waals surface area contributed by atoms with E-state index in [1.165, 1.54) is 11.3 Å². The molecule has 1 saturated heterocycles. The van der Waals surface area contributed by atoms with Crippen LogP contribution < -0.4 is 4.74 Å². The molecule has 0 saturated carbocycles. The van der Waals surface area contributed by atoms with E-state index in [2.05, 4.69) is 40.1 Å². The number of hydrogen-bond acceptors (Lipinski definition) is 5. The number of aromatic nitrogens is 3. The fraction of sp³-hybridized carbons (Fsp3) is 0.364. The SMILES string of the molecule is COc1cccc(-c2ccc([C@H]3CN(Cc4cnn(C)c4C)CCO3)nc2)c1. The quantitative estimate of drug-likeness (QED) is 0.681. The van der Waals surface area contributed by atoms with Crippen molar-refractivity contribution in [2.24, 2.45) is 7.05 Å². The lowest BCUT2D eigenvalue weighted by Gasteiger charge is -2.32. The summed E-state index contributed by atoms with van der Waals surface area (Å²) in [5.41, 5.74) is 5.62. The highest BCUT2D eigenvalue weighted by molar-refractivity contribution is 5.64. The van der Waals surface area contributed by atoms with E-state index in [4.69, 9.17) is 9.47 Å². The summed E-state index contributed by atoms with van der Waals surface area (Å²) in [7, 11) is 3.66. The predicted octanol–water partition coefficient (Wildman–Crippen LogP) is 3.37. The molecule has 28 heavy (non-hydrogen) atoms. The van der Waals surface area contributed by atoms with Crippen molar-refractivity contribution in [3.8, 4) is 16.9 Å². The van der Waals surface area contributed by atoms with E-state index in [1.807, 2.05) is 42.3 Å². The number of methoxy groups -OCH3 is 1. The third-order valence-electron chi connectivity index (χ3n) is 5.40. The van der Waals surface area contributed by atoms with Crippen molar-refractivity contribution >= 4 is 0 Å². The minimum atomic E-state index is -0.00918. The van der Waals surface area contributed by atoms with Crippen LogP contribution in [-0.2, 0) is 18.3 Å². The average Bonchev–Trinajstić information content (AvgIpc) is 3.06. The number of ether oxygens (including phenoxy) is 2. The molecule has 0 radical (unpaired) electrons. The Kier molecular flexibility index (Phi) is 5.41. The number of aryl methyl sites for hydroxylation is 1. The molecule has 3 aromatic rings. The van der Waals surface area contributed by atoms with Gasteiger partial charge in [0.25, 0.3) is 0 Å². The van der Waals surface area contributed by atoms with Crippen LogP contribution in [-0.4, -0.2) is 46.5 Å². The lowest BCUT2D eigenvalue weighted by atomic mass is 10.1. The maximum Gasteiger partial charge on any atom is 0.119 e. The Bertz CT molecular complexity index is 936. The van der Waals surface area contributed by atoms with Crippen molar-refractivity contribution in [3.05, 3.63) is 65.7 Å². The summed E-state index contributed by atoms with van der Waals surface area (Å²) >= 11 is 0. The number of morpholine rings is 1. The van der Waals surface area contributed by atoms with Gasteiger partial charge in [0, 0.05) is 49.7 Å². The van der Waals surface area contributed by atoms with Crippen molar-refractivity contribution in [2.75, 3.05) is 26.8 Å². The molecule has 3 heterocycles. The molecule has 146 valence electrons. The Morgan fingerprint density at radius 2 is 2.07 bits per heavy atom. The Balaban J connectivity index is 1.45. The second-order valence-corrected chi connectivity index (χ2v) is 7.18. The predicted molar refractivity (Wildman–Crippen MR) is 108 cm³/mol. The van der Waals surface area contributed by atoms with Gasteiger partial charge < -0.3 is 9.47 Å². The molecule has 1 aliphatic rings. The fourth-order valence-corrected chi connectivity index (χ4v) is 3.53. The number of benzene rings is 1. The molecule has 0 aliphatic carbocycles. The van der Waals surface area contributed by atoms with Crippen LogP contribution >= 0.6 is 0 Å². The van der Waals surface area contributed by atoms with Gasteiger partial charge in [0.1, 0.15) is 11.9 Å². The van der Waals surface area contributed by atoms with Crippen molar-refractivity contribution in [1.29, 1.82) is 0 Å². The van der Waals surface area contributed by atoms with Crippen LogP contribution in [0.2, 0.25) is 0 Å². The zero-order valence-electron chi connectivity index (χ0n) is 16.6. The van der Waals surface area contributed by atoms with Gasteiger partial charge in [-0.2, -0.15) is 5.10 Å². The van der Waals surface area contributed by atoms with Gasteiger partial charge >= 0.3 is 0 Å². The second-order valence-electron chi connectivity index (χ2n) is 7.18. The zero-order valence-corrected chi connectivity index (χ0v) is 16.6. The molecule has 0 amide bonds. The molecule has 0 unspecified atom stereocenters. The third-order valence-corrected chi connectivity index (χ3v) is 5.40. The van der Waals surface area contributed by atoms with Crippen LogP contribution in [0.4, 0.5) is 0 Å². The molecule has 1 atom stereocenters. The van der Waals surface area contributed by atoms with Gasteiger partial charge in [-0.05, 0) is 30.7 Å². The number of pyridine rings is 1. The molecule has 0 bridgehead atoms. The molecule has 0 spiro atoms. The maximum atomic E-state index is 6.00. The lowest BCUT2D eigenvalue weighted by molar-refractivity contribution is -0.0350. The van der Waals surface area contributed by atoms with Gasteiger partial charge in [0.05, 0.1) is 25.6 Å². The van der Waals surface area contributed by atoms with Crippen LogP contribution in [0, 0.1) is 6.92 Å². The second kappa shape index (κ2) is 8.12. The Morgan fingerprint density at radius 3 is 2.79 bits per heavy atom. The smallest absolute Gasteiger partial charge is 0.119 e. The van der Waals surface area contributed by atoms with Crippen LogP contribution in [0.5, 0.6) is 5.75 Å². The first-order valence-electron chi connectivity index (χ1n) is 9.56. The van der Waals surface area contributed by atoms with E-state index >= 15 is 0 Å². The fourth-order valence-electron chi connectivity index (χ4n) is 3.53. The monoisotopic (exact) mass is 378 g/mol. The van der Waals surface area contributed by atoms with Crippen molar-refractivity contribution < 1.29 is 9.47 Å². The summed E-state index contributed by atoms with van der Waals surface area (Å²) in [6.45, 7) is 5.47. The highest BCUT2D eigenvalue weighted by atomic mass is 16.5. The molecule has 2 aromatic heterocycles. The van der Waals surface area contributed by atoms with E-state index in [-0.39, 0.29) is 6.10 Å². The highest BCUT2D eigenvalue weighted by Gasteiger charge is 2.24. The van der Waals surface area contributed by atoms with Crippen molar-refractivity contribution in [3.63, 3.8) is 0 Å². The Morgan fingerprint density at radius 1 is 1.18 bits per heavy atom. The van der Waals surface area contributed by atoms with Gasteiger partial charge in [-0.15, -0.1) is 0 Å². The minimum absolute atomic E-state index is 0.00918. The summed E-state index contributed by atoms with van der Waals surface area (Å²) in [6, 6.07) is 12.2. The first-order valence-corrected chi connectivity index (χ1v) is 9.56. The standard InChI is InChI=1S/C22H26N4O2/c1-16-19(13-24-25(16)2)14-26-9-10-28-22(15-26)21-8-7-18(12-23-21)17-5-4-6-20(11-17)27-3/h4-8,11-13,22H,9-10,14-15H2,1-3H3/t22-/m1/s1. The molecule has 6 heteroatoms. The number of rotatable bonds is 5. The maximum absolute atomic E-state index is 6.00. The first-order chi connectivity index (χ1) is 13.6. The number of nitrogens with zero attached hydrogens (tertiary/aromatic N) is 4. The van der Waals surface area contributed by atoms with Crippen LogP contribution in [0.3, 0.4) is 0 Å². The van der Waals surface area contributed by atoms with Gasteiger partial charge in [0.2, 0.25) is 0 Å². The van der Waals surface area contributed by atoms with E-state index in [0.29, 0.717) is 6.61 Å². The third kappa shape index (κ3) is 3.93. The van der Waals surface area contributed by atoms with Crippen molar-refractivity contribution in [1.82, 2.24) is 19.7 Å². The summed E-state index contributed by atoms with van der Waals surface area (Å²) in [5, 5.41) is 4.35. The van der Waals surface area contributed by atoms with E-state index in [0.717, 1.165) is 42.2 Å². The van der Waals surface area contributed by atoms with Crippen LogP contribution in [0.1, 0.15) is 23.1 Å². The Hall–Kier alpha value is -2.70. The molecule has 6 nitrogen and oxygen atoms in total. The van der Waals surface area contributed by atoms with Crippen LogP contribution in [0.25, 0.3) is 11.1 Å². The molecule has 1 aliphatic heterocycles. The van der Waals surface area contributed by atoms with Gasteiger partial charge in [-0.3, -0.25) is 14.6 Å². The largest absolute Gasteiger partial charge is 0.497 e. The van der Waals surface area contributed by atoms with Gasteiger partial charge in [-0.1, -0.05) is 18.2 Å². The first kappa shape index (κ1) is 18.7. The molecule has 0 N–H and O–H groups in total. The van der Waals surface area contributed by atoms with E-state index < -0.39 is 0 Å².